The lowest BCUT2D eigenvalue weighted by molar-refractivity contribution is 1.08. The normalized spacial score (nSPS) is 14.0. The van der Waals surface area contributed by atoms with Crippen LogP contribution in [0.3, 0.4) is 0 Å². The van der Waals surface area contributed by atoms with E-state index < -0.39 is 0 Å². The lowest BCUT2D eigenvalue weighted by Crippen LogP contribution is -2.13. The van der Waals surface area contributed by atoms with E-state index in [1.54, 1.807) is 0 Å². The van der Waals surface area contributed by atoms with Crippen LogP contribution in [0, 0.1) is 11.3 Å². The van der Waals surface area contributed by atoms with Crippen LogP contribution in [0.5, 0.6) is 0 Å². The maximum atomic E-state index is 8.98. The molecule has 0 aliphatic carbocycles. The molecule has 2 nitrogen and oxygen atoms in total. The molecule has 0 amide bonds. The van der Waals surface area contributed by atoms with Gasteiger partial charge in [-0.1, -0.05) is 31.4 Å². The Balaban J connectivity index is 2.58. The number of rotatable bonds is 2. The van der Waals surface area contributed by atoms with E-state index in [-0.39, 0.29) is 0 Å². The Bertz CT molecular complexity index is 625. The molecule has 0 fully saturated rings. The first-order chi connectivity index (χ1) is 8.65. The highest BCUT2D eigenvalue weighted by Gasteiger charge is 2.17. The zero-order chi connectivity index (χ0) is 13.1. The van der Waals surface area contributed by atoms with Gasteiger partial charge in [0, 0.05) is 17.7 Å². The molecular weight excluding hydrogens is 220 g/mol. The summed E-state index contributed by atoms with van der Waals surface area (Å²) in [5.74, 6) is 0. The molecule has 1 aromatic carbocycles. The topological polar surface area (TPSA) is 36.1 Å². The second-order valence-corrected chi connectivity index (χ2v) is 4.21. The fourth-order valence-electron chi connectivity index (χ4n) is 2.02. The zero-order valence-electron chi connectivity index (χ0n) is 10.4. The molecule has 0 spiro atoms. The monoisotopic (exact) mass is 234 g/mol. The van der Waals surface area contributed by atoms with Crippen molar-refractivity contribution in [1.29, 1.82) is 5.26 Å². The van der Waals surface area contributed by atoms with Crippen molar-refractivity contribution in [3.63, 3.8) is 0 Å². The molecule has 2 heteroatoms. The van der Waals surface area contributed by atoms with Gasteiger partial charge in [0.15, 0.2) is 0 Å². The highest BCUT2D eigenvalue weighted by molar-refractivity contribution is 6.16. The third-order valence-corrected chi connectivity index (χ3v) is 2.83. The van der Waals surface area contributed by atoms with E-state index in [2.05, 4.69) is 24.2 Å². The van der Waals surface area contributed by atoms with Crippen molar-refractivity contribution in [2.45, 2.75) is 13.3 Å². The lowest BCUT2D eigenvalue weighted by atomic mass is 9.91. The SMILES string of the molecule is C=C1Cc2ccc(C#N)cc2C(C(=C)/C=C\C)=N1. The van der Waals surface area contributed by atoms with Crippen molar-refractivity contribution in [2.75, 3.05) is 0 Å². The van der Waals surface area contributed by atoms with E-state index in [9.17, 15) is 0 Å². The molecule has 88 valence electrons. The second-order valence-electron chi connectivity index (χ2n) is 4.21. The van der Waals surface area contributed by atoms with Crippen LogP contribution in [0.1, 0.15) is 23.6 Å². The van der Waals surface area contributed by atoms with Crippen molar-refractivity contribution in [3.8, 4) is 6.07 Å². The van der Waals surface area contributed by atoms with E-state index in [1.807, 2.05) is 37.3 Å². The fourth-order valence-corrected chi connectivity index (χ4v) is 2.02. The molecule has 1 aromatic rings. The zero-order valence-corrected chi connectivity index (χ0v) is 10.4. The Morgan fingerprint density at radius 1 is 1.50 bits per heavy atom. The van der Waals surface area contributed by atoms with Crippen LogP contribution in [0.15, 0.2) is 59.8 Å². The van der Waals surface area contributed by atoms with E-state index in [4.69, 9.17) is 5.26 Å². The predicted octanol–water partition coefficient (Wildman–Crippen LogP) is 3.55. The summed E-state index contributed by atoms with van der Waals surface area (Å²) >= 11 is 0. The molecule has 1 aliphatic heterocycles. The molecule has 0 N–H and O–H groups in total. The molecule has 0 bridgehead atoms. The Morgan fingerprint density at radius 3 is 2.94 bits per heavy atom. The summed E-state index contributed by atoms with van der Waals surface area (Å²) in [6.45, 7) is 9.89. The number of fused-ring (bicyclic) bond motifs is 1. The number of aliphatic imine (C=N–C) groups is 1. The molecule has 1 aliphatic rings. The minimum absolute atomic E-state index is 0.641. The summed E-state index contributed by atoms with van der Waals surface area (Å²) in [5, 5.41) is 8.98. The molecule has 1 heterocycles. The van der Waals surface area contributed by atoms with Crippen LogP contribution in [-0.2, 0) is 6.42 Å². The summed E-state index contributed by atoms with van der Waals surface area (Å²) in [6, 6.07) is 7.82. The number of allylic oxidation sites excluding steroid dienone is 4. The summed E-state index contributed by atoms with van der Waals surface area (Å²) in [7, 11) is 0. The van der Waals surface area contributed by atoms with Crippen LogP contribution in [0.25, 0.3) is 0 Å². The van der Waals surface area contributed by atoms with Gasteiger partial charge in [-0.2, -0.15) is 5.26 Å². The number of benzene rings is 1. The summed E-state index contributed by atoms with van der Waals surface area (Å²) in [4.78, 5) is 4.48. The molecule has 2 rings (SSSR count). The van der Waals surface area contributed by atoms with Crippen LogP contribution in [-0.4, -0.2) is 5.71 Å². The average molecular weight is 234 g/mol. The molecule has 0 radical (unpaired) electrons. The van der Waals surface area contributed by atoms with Gasteiger partial charge in [-0.15, -0.1) is 0 Å². The fraction of sp³-hybridized carbons (Fsp3) is 0.125. The van der Waals surface area contributed by atoms with Crippen LogP contribution < -0.4 is 0 Å². The average Bonchev–Trinajstić information content (AvgIpc) is 2.37. The van der Waals surface area contributed by atoms with Crippen molar-refractivity contribution >= 4 is 5.71 Å². The quantitative estimate of drug-likeness (QED) is 0.721. The molecule has 0 saturated carbocycles. The van der Waals surface area contributed by atoms with Crippen molar-refractivity contribution < 1.29 is 0 Å². The first kappa shape index (κ1) is 12.1. The largest absolute Gasteiger partial charge is 0.252 e. The van der Waals surface area contributed by atoms with E-state index >= 15 is 0 Å². The highest BCUT2D eigenvalue weighted by Crippen LogP contribution is 2.25. The summed E-state index contributed by atoms with van der Waals surface area (Å²) < 4.78 is 0. The van der Waals surface area contributed by atoms with Gasteiger partial charge in [0.1, 0.15) is 0 Å². The molecule has 0 saturated heterocycles. The first-order valence-electron chi connectivity index (χ1n) is 5.77. The maximum Gasteiger partial charge on any atom is 0.0991 e. The van der Waals surface area contributed by atoms with Gasteiger partial charge < -0.3 is 0 Å². The number of nitrogens with zero attached hydrogens (tertiary/aromatic N) is 2. The Hall–Kier alpha value is -2.40. The second kappa shape index (κ2) is 4.85. The summed E-state index contributed by atoms with van der Waals surface area (Å²) in [5.41, 5.74) is 5.26. The van der Waals surface area contributed by atoms with Crippen LogP contribution in [0.2, 0.25) is 0 Å². The van der Waals surface area contributed by atoms with Crippen molar-refractivity contribution in [3.05, 3.63) is 71.5 Å². The van der Waals surface area contributed by atoms with Gasteiger partial charge in [0.05, 0.1) is 17.3 Å². The molecule has 0 atom stereocenters. The van der Waals surface area contributed by atoms with Gasteiger partial charge in [0.25, 0.3) is 0 Å². The molecule has 0 unspecified atom stereocenters. The van der Waals surface area contributed by atoms with Crippen molar-refractivity contribution in [1.82, 2.24) is 0 Å². The Labute approximate surface area is 107 Å². The third kappa shape index (κ3) is 2.16. The van der Waals surface area contributed by atoms with E-state index in [0.717, 1.165) is 34.5 Å². The van der Waals surface area contributed by atoms with Crippen LogP contribution in [0.4, 0.5) is 0 Å². The minimum atomic E-state index is 0.641. The van der Waals surface area contributed by atoms with Gasteiger partial charge in [-0.25, -0.2) is 0 Å². The van der Waals surface area contributed by atoms with Gasteiger partial charge in [-0.05, 0) is 30.2 Å². The molecular formula is C16H14N2. The van der Waals surface area contributed by atoms with Gasteiger partial charge >= 0.3 is 0 Å². The standard InChI is InChI=1S/C16H14N2/c1-4-5-11(2)16-15-9-13(10-17)6-7-14(15)8-12(3)18-16/h4-7,9H,2-3,8H2,1H3/b5-4-. The van der Waals surface area contributed by atoms with Crippen molar-refractivity contribution in [2.24, 2.45) is 4.99 Å². The molecule has 0 aromatic heterocycles. The Kier molecular flexibility index (Phi) is 3.25. The lowest BCUT2D eigenvalue weighted by Gasteiger charge is -2.18. The maximum absolute atomic E-state index is 8.98. The first-order valence-corrected chi connectivity index (χ1v) is 5.77. The molecule has 18 heavy (non-hydrogen) atoms. The van der Waals surface area contributed by atoms with Gasteiger partial charge in [-0.3, -0.25) is 4.99 Å². The van der Waals surface area contributed by atoms with E-state index in [0.29, 0.717) is 5.56 Å². The Morgan fingerprint density at radius 2 is 2.28 bits per heavy atom. The summed E-state index contributed by atoms with van der Waals surface area (Å²) in [6.07, 6.45) is 4.57. The smallest absolute Gasteiger partial charge is 0.0991 e. The minimum Gasteiger partial charge on any atom is -0.252 e. The van der Waals surface area contributed by atoms with E-state index in [1.165, 1.54) is 0 Å². The predicted molar refractivity (Wildman–Crippen MR) is 74.5 cm³/mol. The highest BCUT2D eigenvalue weighted by atomic mass is 14.8. The number of hydrogen-bond acceptors (Lipinski definition) is 2. The number of hydrogen-bond donors (Lipinski definition) is 0. The van der Waals surface area contributed by atoms with Gasteiger partial charge in [0.2, 0.25) is 0 Å². The third-order valence-electron chi connectivity index (χ3n) is 2.83. The number of nitriles is 1. The van der Waals surface area contributed by atoms with Crippen LogP contribution >= 0.6 is 0 Å².